The minimum atomic E-state index is -4.69. The van der Waals surface area contributed by atoms with Crippen LogP contribution in [0.3, 0.4) is 0 Å². The number of hydrogen-bond donors (Lipinski definition) is 1. The predicted molar refractivity (Wildman–Crippen MR) is 111 cm³/mol. The van der Waals surface area contributed by atoms with E-state index < -0.39 is 29.1 Å². The molecule has 1 aromatic carbocycles. The number of aryl methyl sites for hydroxylation is 1. The monoisotopic (exact) mass is 476 g/mol. The molecular formula is C22H20F4N6O2. The summed E-state index contributed by atoms with van der Waals surface area (Å²) in [4.78, 5) is 22.4. The van der Waals surface area contributed by atoms with Crippen molar-refractivity contribution in [2.45, 2.75) is 56.8 Å². The summed E-state index contributed by atoms with van der Waals surface area (Å²) in [5, 5.41) is 10.8. The SMILES string of the molecule is Cc1nnc([C@]23CCCC[C@H](C2)N3C(=O)Nc2ccc(C(F)(F)F)c(-c3ncc(F)cn3)c2)o1. The first kappa shape index (κ1) is 22.2. The fourth-order valence-electron chi connectivity index (χ4n) is 4.90. The number of carbonyl (C=O) groups is 1. The van der Waals surface area contributed by atoms with Crippen molar-refractivity contribution in [1.82, 2.24) is 25.1 Å². The van der Waals surface area contributed by atoms with Crippen molar-refractivity contribution in [3.05, 3.63) is 53.8 Å². The number of urea groups is 1. The maximum Gasteiger partial charge on any atom is 0.417 e. The summed E-state index contributed by atoms with van der Waals surface area (Å²) in [5.74, 6) is -0.320. The molecule has 2 bridgehead atoms. The highest BCUT2D eigenvalue weighted by molar-refractivity contribution is 5.91. The van der Waals surface area contributed by atoms with Crippen LogP contribution in [0.1, 0.15) is 49.4 Å². The highest BCUT2D eigenvalue weighted by Crippen LogP contribution is 2.52. The number of likely N-dealkylation sites (tertiary alicyclic amines) is 1. The smallest absolute Gasteiger partial charge is 0.417 e. The van der Waals surface area contributed by atoms with E-state index >= 15 is 0 Å². The Labute approximate surface area is 191 Å². The molecule has 2 atom stereocenters. The molecule has 12 heteroatoms. The van der Waals surface area contributed by atoms with Crippen LogP contribution in [0.25, 0.3) is 11.4 Å². The molecule has 1 aliphatic carbocycles. The van der Waals surface area contributed by atoms with E-state index in [1.807, 2.05) is 0 Å². The molecule has 1 aliphatic heterocycles. The number of anilines is 1. The molecule has 2 fully saturated rings. The van der Waals surface area contributed by atoms with Crippen molar-refractivity contribution in [1.29, 1.82) is 0 Å². The van der Waals surface area contributed by atoms with Crippen LogP contribution in [-0.2, 0) is 11.7 Å². The zero-order valence-corrected chi connectivity index (χ0v) is 18.1. The van der Waals surface area contributed by atoms with E-state index in [2.05, 4.69) is 25.5 Å². The Bertz CT molecular complexity index is 1220. The van der Waals surface area contributed by atoms with E-state index in [9.17, 15) is 22.4 Å². The predicted octanol–water partition coefficient (Wildman–Crippen LogP) is 5.07. The maximum atomic E-state index is 13.6. The van der Waals surface area contributed by atoms with Crippen LogP contribution in [0, 0.1) is 12.7 Å². The highest BCUT2D eigenvalue weighted by atomic mass is 19.4. The molecule has 8 nitrogen and oxygen atoms in total. The lowest BCUT2D eigenvalue weighted by Crippen LogP contribution is -2.65. The fraction of sp³-hybridized carbons (Fsp3) is 0.409. The van der Waals surface area contributed by atoms with Crippen molar-refractivity contribution >= 4 is 11.7 Å². The van der Waals surface area contributed by atoms with E-state index in [4.69, 9.17) is 4.42 Å². The molecule has 3 aromatic rings. The summed E-state index contributed by atoms with van der Waals surface area (Å²) in [6, 6.07) is 2.64. The fourth-order valence-corrected chi connectivity index (χ4v) is 4.90. The zero-order valence-electron chi connectivity index (χ0n) is 18.1. The van der Waals surface area contributed by atoms with Gasteiger partial charge in [0.2, 0.25) is 11.8 Å². The van der Waals surface area contributed by atoms with Gasteiger partial charge in [-0.2, -0.15) is 13.2 Å². The average Bonchev–Trinajstić information content (AvgIpc) is 2.98. The van der Waals surface area contributed by atoms with Crippen LogP contribution in [0.15, 0.2) is 35.0 Å². The summed E-state index contributed by atoms with van der Waals surface area (Å²) >= 11 is 0. The van der Waals surface area contributed by atoms with Crippen LogP contribution in [0.2, 0.25) is 0 Å². The first-order chi connectivity index (χ1) is 16.2. The molecule has 2 aromatic heterocycles. The molecule has 178 valence electrons. The van der Waals surface area contributed by atoms with Gasteiger partial charge in [-0.3, -0.25) is 0 Å². The van der Waals surface area contributed by atoms with Gasteiger partial charge >= 0.3 is 12.2 Å². The highest BCUT2D eigenvalue weighted by Gasteiger charge is 2.59. The number of benzene rings is 1. The van der Waals surface area contributed by atoms with Gasteiger partial charge in [0.25, 0.3) is 0 Å². The van der Waals surface area contributed by atoms with Gasteiger partial charge in [-0.1, -0.05) is 12.8 Å². The van der Waals surface area contributed by atoms with Gasteiger partial charge in [-0.25, -0.2) is 19.2 Å². The first-order valence-electron chi connectivity index (χ1n) is 10.8. The number of rotatable bonds is 3. The lowest BCUT2D eigenvalue weighted by molar-refractivity contribution is -0.137. The van der Waals surface area contributed by atoms with Gasteiger partial charge in [0.1, 0.15) is 5.54 Å². The third kappa shape index (κ3) is 3.76. The largest absolute Gasteiger partial charge is 0.423 e. The molecule has 34 heavy (non-hydrogen) atoms. The molecule has 3 heterocycles. The molecule has 2 aliphatic rings. The third-order valence-corrected chi connectivity index (χ3v) is 6.36. The second-order valence-corrected chi connectivity index (χ2v) is 8.54. The van der Waals surface area contributed by atoms with E-state index in [1.54, 1.807) is 11.8 Å². The number of nitrogens with zero attached hydrogens (tertiary/aromatic N) is 5. The zero-order chi connectivity index (χ0) is 24.1. The lowest BCUT2D eigenvalue weighted by Gasteiger charge is -2.54. The Morgan fingerprint density at radius 2 is 1.97 bits per heavy atom. The van der Waals surface area contributed by atoms with E-state index in [0.717, 1.165) is 43.8 Å². The second-order valence-electron chi connectivity index (χ2n) is 8.54. The molecule has 1 saturated carbocycles. The number of fused-ring (bicyclic) bond motifs is 2. The molecular weight excluding hydrogens is 456 g/mol. The molecule has 0 radical (unpaired) electrons. The summed E-state index contributed by atoms with van der Waals surface area (Å²) < 4.78 is 59.7. The van der Waals surface area contributed by atoms with Gasteiger partial charge in [-0.05, 0) is 31.0 Å². The number of halogens is 4. The van der Waals surface area contributed by atoms with Gasteiger partial charge in [0.05, 0.1) is 18.0 Å². The number of aromatic nitrogens is 4. The number of hydrogen-bond acceptors (Lipinski definition) is 6. The first-order valence-corrected chi connectivity index (χ1v) is 10.8. The van der Waals surface area contributed by atoms with E-state index in [1.165, 1.54) is 6.07 Å². The summed E-state index contributed by atoms with van der Waals surface area (Å²) in [6.45, 7) is 1.67. The van der Waals surface area contributed by atoms with Crippen molar-refractivity contribution in [3.63, 3.8) is 0 Å². The van der Waals surface area contributed by atoms with Crippen LogP contribution >= 0.6 is 0 Å². The number of amides is 2. The topological polar surface area (TPSA) is 97.0 Å². The Morgan fingerprint density at radius 3 is 2.65 bits per heavy atom. The number of carbonyl (C=O) groups excluding carboxylic acids is 1. The Kier molecular flexibility index (Phi) is 5.25. The van der Waals surface area contributed by atoms with Gasteiger partial charge in [-0.15, -0.1) is 10.2 Å². The molecule has 5 rings (SSSR count). The quantitative estimate of drug-likeness (QED) is 0.531. The molecule has 1 N–H and O–H groups in total. The minimum absolute atomic E-state index is 0.0379. The van der Waals surface area contributed by atoms with Crippen molar-refractivity contribution in [3.8, 4) is 11.4 Å². The second kappa shape index (κ2) is 8.03. The summed E-state index contributed by atoms with van der Waals surface area (Å²) in [5.41, 5.74) is -1.97. The van der Waals surface area contributed by atoms with Crippen molar-refractivity contribution < 1.29 is 26.8 Å². The lowest BCUT2D eigenvalue weighted by atomic mass is 9.77. The Balaban J connectivity index is 1.47. The molecule has 0 unspecified atom stereocenters. The van der Waals surface area contributed by atoms with Crippen LogP contribution < -0.4 is 5.32 Å². The van der Waals surface area contributed by atoms with Gasteiger partial charge in [0, 0.05) is 30.6 Å². The maximum absolute atomic E-state index is 13.6. The standard InChI is InChI=1S/C22H20F4N6O2/c1-12-30-31-19(34-12)21-7-3-2-4-15(9-21)32(21)20(33)29-14-5-6-17(22(24,25)26)16(8-14)18-27-10-13(23)11-28-18/h5-6,8,10-11,15H,2-4,7,9H2,1H3,(H,29,33)/t15-,21+/m1/s1. The molecule has 1 saturated heterocycles. The van der Waals surface area contributed by atoms with Crippen molar-refractivity contribution in [2.24, 2.45) is 0 Å². The van der Waals surface area contributed by atoms with Crippen LogP contribution in [-0.4, -0.2) is 37.1 Å². The Morgan fingerprint density at radius 1 is 1.21 bits per heavy atom. The summed E-state index contributed by atoms with van der Waals surface area (Å²) in [6.07, 6.45) is 0.850. The molecule has 2 amide bonds. The Hall–Kier alpha value is -3.57. The molecule has 0 spiro atoms. The minimum Gasteiger partial charge on any atom is -0.423 e. The van der Waals surface area contributed by atoms with E-state index in [-0.39, 0.29) is 23.1 Å². The van der Waals surface area contributed by atoms with Crippen LogP contribution in [0.5, 0.6) is 0 Å². The van der Waals surface area contributed by atoms with Crippen molar-refractivity contribution in [2.75, 3.05) is 5.32 Å². The third-order valence-electron chi connectivity index (χ3n) is 6.36. The normalized spacial score (nSPS) is 22.1. The number of alkyl halides is 3. The summed E-state index contributed by atoms with van der Waals surface area (Å²) in [7, 11) is 0. The average molecular weight is 476 g/mol. The van der Waals surface area contributed by atoms with E-state index in [0.29, 0.717) is 24.6 Å². The van der Waals surface area contributed by atoms with Gasteiger partial charge < -0.3 is 14.6 Å². The number of nitrogens with one attached hydrogen (secondary N) is 1. The van der Waals surface area contributed by atoms with Crippen LogP contribution in [0.4, 0.5) is 28.0 Å². The van der Waals surface area contributed by atoms with Gasteiger partial charge in [0.15, 0.2) is 11.6 Å².